The van der Waals surface area contributed by atoms with Gasteiger partial charge in [0.25, 0.3) is 0 Å². The lowest BCUT2D eigenvalue weighted by molar-refractivity contribution is -0.00400. The van der Waals surface area contributed by atoms with E-state index in [-0.39, 0.29) is 0 Å². The second-order valence-corrected chi connectivity index (χ2v) is 6.59. The highest BCUT2D eigenvalue weighted by molar-refractivity contribution is 6.99. The summed E-state index contributed by atoms with van der Waals surface area (Å²) in [5.74, 6) is 4.09. The zero-order valence-electron chi connectivity index (χ0n) is 9.67. The van der Waals surface area contributed by atoms with Crippen molar-refractivity contribution in [3.8, 4) is 6.07 Å². The Morgan fingerprint density at radius 1 is 1.00 bits per heavy atom. The van der Waals surface area contributed by atoms with Gasteiger partial charge in [-0.15, -0.1) is 0 Å². The Balaban J connectivity index is 1.73. The molecule has 0 atom stereocenters. The predicted octanol–water partition coefficient (Wildman–Crippen LogP) is 2.95. The lowest BCUT2D eigenvalue weighted by Crippen LogP contribution is -2.44. The Bertz CT molecular complexity index is 459. The van der Waals surface area contributed by atoms with Gasteiger partial charge in [0.15, 0.2) is 5.69 Å². The number of rotatable bonds is 1. The van der Waals surface area contributed by atoms with E-state index in [0.717, 1.165) is 29.4 Å². The fourth-order valence-electron chi connectivity index (χ4n) is 4.86. The molecule has 0 aliphatic heterocycles. The minimum atomic E-state index is 0.552. The third-order valence-corrected chi connectivity index (χ3v) is 5.70. The maximum atomic E-state index is 9.12. The number of hydrogen-bond acceptors (Lipinski definition) is 4. The van der Waals surface area contributed by atoms with Gasteiger partial charge in [-0.05, 0) is 55.8 Å². The van der Waals surface area contributed by atoms with E-state index in [9.17, 15) is 0 Å². The van der Waals surface area contributed by atoms with Crippen LogP contribution in [0.2, 0.25) is 0 Å². The topological polar surface area (TPSA) is 49.6 Å². The summed E-state index contributed by atoms with van der Waals surface area (Å²) in [6.45, 7) is 0. The van der Waals surface area contributed by atoms with Crippen LogP contribution in [0, 0.1) is 35.0 Å². The Kier molecular flexibility index (Phi) is 2.07. The number of aromatic nitrogens is 2. The van der Waals surface area contributed by atoms with Crippen LogP contribution in [0.15, 0.2) is 0 Å². The summed E-state index contributed by atoms with van der Waals surface area (Å²) in [7, 11) is 0. The highest BCUT2D eigenvalue weighted by Gasteiger charge is 2.50. The lowest BCUT2D eigenvalue weighted by atomic mass is 9.51. The van der Waals surface area contributed by atoms with Crippen molar-refractivity contribution in [3.05, 3.63) is 11.4 Å². The zero-order valence-corrected chi connectivity index (χ0v) is 10.5. The van der Waals surface area contributed by atoms with Gasteiger partial charge in [-0.25, -0.2) is 0 Å². The average Bonchev–Trinajstić information content (AvgIpc) is 2.75. The van der Waals surface area contributed by atoms with Crippen molar-refractivity contribution in [2.45, 2.75) is 38.0 Å². The zero-order chi connectivity index (χ0) is 11.4. The summed E-state index contributed by atoms with van der Waals surface area (Å²) in [5, 5.41) is 9.12. The summed E-state index contributed by atoms with van der Waals surface area (Å²) in [5.41, 5.74) is 1.64. The molecular weight excluding hydrogens is 230 g/mol. The molecule has 4 bridgehead atoms. The molecule has 4 heteroatoms. The molecule has 88 valence electrons. The van der Waals surface area contributed by atoms with Crippen LogP contribution in [0.5, 0.6) is 0 Å². The van der Waals surface area contributed by atoms with Gasteiger partial charge in [0, 0.05) is 5.92 Å². The fraction of sp³-hybridized carbons (Fsp3) is 0.769. The Labute approximate surface area is 105 Å². The molecule has 4 aliphatic carbocycles. The van der Waals surface area contributed by atoms with E-state index in [4.69, 9.17) is 5.26 Å². The minimum absolute atomic E-state index is 0.552. The van der Waals surface area contributed by atoms with Crippen molar-refractivity contribution in [2.24, 2.45) is 23.7 Å². The van der Waals surface area contributed by atoms with E-state index in [0.29, 0.717) is 11.6 Å². The maximum Gasteiger partial charge on any atom is 0.177 e. The minimum Gasteiger partial charge on any atom is -0.191 e. The summed E-state index contributed by atoms with van der Waals surface area (Å²) in [6.07, 6.45) is 6.97. The van der Waals surface area contributed by atoms with Crippen LogP contribution >= 0.6 is 11.7 Å². The molecule has 4 aliphatic rings. The Morgan fingerprint density at radius 2 is 1.65 bits per heavy atom. The first-order valence-electron chi connectivity index (χ1n) is 6.57. The normalized spacial score (nSPS) is 42.6. The Morgan fingerprint density at radius 3 is 2.24 bits per heavy atom. The van der Waals surface area contributed by atoms with Gasteiger partial charge in [-0.3, -0.25) is 0 Å². The molecule has 0 spiro atoms. The molecular formula is C13H15N3S. The first-order valence-corrected chi connectivity index (χ1v) is 7.30. The molecule has 0 N–H and O–H groups in total. The Hall–Kier alpha value is -0.950. The maximum absolute atomic E-state index is 9.12. The molecule has 0 saturated heterocycles. The molecule has 0 aromatic carbocycles. The van der Waals surface area contributed by atoms with Crippen LogP contribution in [0.3, 0.4) is 0 Å². The molecule has 0 amide bonds. The third kappa shape index (κ3) is 1.38. The van der Waals surface area contributed by atoms with E-state index >= 15 is 0 Å². The van der Waals surface area contributed by atoms with Gasteiger partial charge in [0.05, 0.1) is 17.4 Å². The summed E-state index contributed by atoms with van der Waals surface area (Å²) in [6, 6.07) is 2.22. The number of nitrogens with zero attached hydrogens (tertiary/aromatic N) is 3. The molecule has 1 aromatic rings. The van der Waals surface area contributed by atoms with Gasteiger partial charge in [0.2, 0.25) is 0 Å². The summed E-state index contributed by atoms with van der Waals surface area (Å²) < 4.78 is 8.58. The van der Waals surface area contributed by atoms with Gasteiger partial charge < -0.3 is 0 Å². The van der Waals surface area contributed by atoms with E-state index in [2.05, 4.69) is 14.8 Å². The van der Waals surface area contributed by atoms with Gasteiger partial charge in [0.1, 0.15) is 6.07 Å². The van der Waals surface area contributed by atoms with E-state index in [1.807, 2.05) is 0 Å². The monoisotopic (exact) mass is 245 g/mol. The number of hydrogen-bond donors (Lipinski definition) is 0. The number of nitriles is 1. The predicted molar refractivity (Wildman–Crippen MR) is 64.4 cm³/mol. The van der Waals surface area contributed by atoms with Crippen LogP contribution in [0.1, 0.15) is 49.4 Å². The standard InChI is InChI=1S/C13H15N3S/c14-6-11-13(16-17-15-11)12-9-2-7-1-8(4-9)5-10(12)3-7/h7-10,12H,1-5H2. The van der Waals surface area contributed by atoms with Crippen molar-refractivity contribution in [1.29, 1.82) is 5.26 Å². The molecule has 1 aromatic heterocycles. The summed E-state index contributed by atoms with van der Waals surface area (Å²) in [4.78, 5) is 0. The molecule has 1 heterocycles. The smallest absolute Gasteiger partial charge is 0.177 e. The van der Waals surface area contributed by atoms with E-state index in [1.54, 1.807) is 0 Å². The summed E-state index contributed by atoms with van der Waals surface area (Å²) >= 11 is 1.21. The molecule has 4 fully saturated rings. The molecule has 4 saturated carbocycles. The first-order chi connectivity index (χ1) is 8.35. The molecule has 17 heavy (non-hydrogen) atoms. The van der Waals surface area contributed by atoms with E-state index in [1.165, 1.54) is 43.8 Å². The second-order valence-electron chi connectivity index (χ2n) is 6.07. The van der Waals surface area contributed by atoms with E-state index < -0.39 is 0 Å². The van der Waals surface area contributed by atoms with Gasteiger partial charge >= 0.3 is 0 Å². The third-order valence-electron chi connectivity index (χ3n) is 5.16. The van der Waals surface area contributed by atoms with Crippen LogP contribution in [0.4, 0.5) is 0 Å². The van der Waals surface area contributed by atoms with Crippen molar-refractivity contribution in [3.63, 3.8) is 0 Å². The molecule has 5 rings (SSSR count). The van der Waals surface area contributed by atoms with Gasteiger partial charge in [-0.1, -0.05) is 0 Å². The van der Waals surface area contributed by atoms with Crippen molar-refractivity contribution >= 4 is 11.7 Å². The largest absolute Gasteiger partial charge is 0.191 e. The average molecular weight is 245 g/mol. The van der Waals surface area contributed by atoms with Crippen molar-refractivity contribution in [2.75, 3.05) is 0 Å². The van der Waals surface area contributed by atoms with Gasteiger partial charge in [-0.2, -0.15) is 14.0 Å². The van der Waals surface area contributed by atoms with Crippen LogP contribution in [0.25, 0.3) is 0 Å². The fourth-order valence-corrected chi connectivity index (χ4v) is 5.42. The van der Waals surface area contributed by atoms with Crippen LogP contribution in [-0.4, -0.2) is 8.75 Å². The highest BCUT2D eigenvalue weighted by Crippen LogP contribution is 2.59. The SMILES string of the molecule is N#Cc1nsnc1C1C2CC3CC(C2)CC1C3. The first kappa shape index (κ1) is 10.0. The highest BCUT2D eigenvalue weighted by atomic mass is 32.1. The van der Waals surface area contributed by atoms with Crippen LogP contribution in [-0.2, 0) is 0 Å². The molecule has 0 unspecified atom stereocenters. The lowest BCUT2D eigenvalue weighted by Gasteiger charge is -2.54. The molecule has 0 radical (unpaired) electrons. The second kappa shape index (κ2) is 3.52. The molecule has 3 nitrogen and oxygen atoms in total. The van der Waals surface area contributed by atoms with Crippen LogP contribution < -0.4 is 0 Å². The quantitative estimate of drug-likeness (QED) is 0.764. The van der Waals surface area contributed by atoms with Crippen molar-refractivity contribution < 1.29 is 0 Å². The van der Waals surface area contributed by atoms with Crippen molar-refractivity contribution in [1.82, 2.24) is 8.75 Å².